The van der Waals surface area contributed by atoms with E-state index < -0.39 is 160 Å². The first kappa shape index (κ1) is 61.7. The lowest BCUT2D eigenvalue weighted by atomic mass is 9.93. The number of thiol groups is 1. The van der Waals surface area contributed by atoms with E-state index in [4.69, 9.17) is 42.1 Å². The quantitative estimate of drug-likeness (QED) is 0.0181. The van der Waals surface area contributed by atoms with Gasteiger partial charge < -0.3 is 109 Å². The molecule has 4 fully saturated rings. The molecule has 20 atom stereocenters. The first-order valence-electron chi connectivity index (χ1n) is 25.1. The molecular formula is C48H78N4O21S. The average molecular weight is 1080 g/mol. The number of rotatable bonds is 27. The Morgan fingerprint density at radius 1 is 0.608 bits per heavy atom. The van der Waals surface area contributed by atoms with Gasteiger partial charge in [0.1, 0.15) is 97.1 Å². The molecule has 4 aliphatic rings. The van der Waals surface area contributed by atoms with Gasteiger partial charge in [0.25, 0.3) is 0 Å². The van der Waals surface area contributed by atoms with Crippen LogP contribution in [0.1, 0.15) is 78.2 Å². The van der Waals surface area contributed by atoms with Crippen LogP contribution in [0.25, 0.3) is 0 Å². The number of ether oxygens (including phenoxy) is 8. The zero-order valence-corrected chi connectivity index (χ0v) is 43.0. The smallest absolute Gasteiger partial charge is 0.217 e. The Hall–Kier alpha value is -3.20. The second-order valence-corrected chi connectivity index (χ2v) is 19.1. The Bertz CT molecular complexity index is 1900. The summed E-state index contributed by atoms with van der Waals surface area (Å²) >= 11 is 3.74. The zero-order valence-electron chi connectivity index (χ0n) is 42.1. The van der Waals surface area contributed by atoms with Crippen LogP contribution in [0, 0.1) is 0 Å². The van der Waals surface area contributed by atoms with E-state index in [2.05, 4.69) is 53.3 Å². The van der Waals surface area contributed by atoms with Crippen molar-refractivity contribution in [1.82, 2.24) is 21.3 Å². The fourth-order valence-electron chi connectivity index (χ4n) is 9.36. The molecule has 13 N–H and O–H groups in total. The molecule has 20 unspecified atom stereocenters. The van der Waals surface area contributed by atoms with E-state index in [1.807, 2.05) is 12.1 Å². The van der Waals surface area contributed by atoms with E-state index in [1.165, 1.54) is 25.7 Å². The highest BCUT2D eigenvalue weighted by Crippen LogP contribution is 2.35. The number of nitrogens with one attached hydrogen (secondary N) is 4. The van der Waals surface area contributed by atoms with Crippen molar-refractivity contribution in [1.29, 1.82) is 0 Å². The van der Waals surface area contributed by atoms with Gasteiger partial charge in [-0.2, -0.15) is 0 Å². The molecule has 4 aliphatic heterocycles. The molecule has 4 heterocycles. The number of unbranched alkanes of at least 4 members (excludes halogenated alkanes) is 5. The molecule has 0 aromatic heterocycles. The van der Waals surface area contributed by atoms with Gasteiger partial charge in [0.05, 0.1) is 39.1 Å². The topological polar surface area (TPSA) is 364 Å². The number of amides is 3. The number of carbonyl (C=O) groups excluding carboxylic acids is 3. The van der Waals surface area contributed by atoms with Crippen molar-refractivity contribution in [2.45, 2.75) is 202 Å². The predicted octanol–water partition coefficient (Wildman–Crippen LogP) is -2.97. The van der Waals surface area contributed by atoms with Crippen molar-refractivity contribution in [3.63, 3.8) is 0 Å². The number of aliphatic hydroxyl groups is 9. The number of aliphatic hydroxyl groups excluding tert-OH is 9. The van der Waals surface area contributed by atoms with Crippen LogP contribution >= 0.6 is 12.9 Å². The van der Waals surface area contributed by atoms with Gasteiger partial charge in [0.15, 0.2) is 25.2 Å². The third-order valence-corrected chi connectivity index (χ3v) is 13.3. The minimum atomic E-state index is -1.87. The number of benzene rings is 1. The third-order valence-electron chi connectivity index (χ3n) is 13.1. The van der Waals surface area contributed by atoms with E-state index >= 15 is 0 Å². The van der Waals surface area contributed by atoms with Crippen LogP contribution in [0.15, 0.2) is 36.4 Å². The van der Waals surface area contributed by atoms with Crippen LogP contribution in [0.2, 0.25) is 0 Å². The minimum absolute atomic E-state index is 0.0839. The molecule has 0 bridgehead atoms. The van der Waals surface area contributed by atoms with Gasteiger partial charge in [-0.1, -0.05) is 50.5 Å². The van der Waals surface area contributed by atoms with Crippen LogP contribution in [-0.4, -0.2) is 219 Å². The van der Waals surface area contributed by atoms with Gasteiger partial charge in [0, 0.05) is 27.3 Å². The second-order valence-electron chi connectivity index (χ2n) is 18.8. The molecule has 1 aromatic rings. The SMILES string of the molecule is CCCCCC/C=C\CCCOc1cccc(CNC2C(OC3C(CO)OC(OC4C(CO)OC(OC5C(COS)OC(O)C(NC(C)=O)C5O)C(NC(C)=O)C4O)C(NC(C)=O)C3O)OC(CO)C(O)C2O)c1. The summed E-state index contributed by atoms with van der Waals surface area (Å²) in [7, 11) is 0. The van der Waals surface area contributed by atoms with E-state index in [0.717, 1.165) is 45.6 Å². The summed E-state index contributed by atoms with van der Waals surface area (Å²) in [5.74, 6) is -1.46. The van der Waals surface area contributed by atoms with E-state index in [9.17, 15) is 60.3 Å². The fourth-order valence-corrected chi connectivity index (χ4v) is 9.50. The molecule has 0 spiro atoms. The molecular weight excluding hydrogens is 1000 g/mol. The molecule has 26 heteroatoms. The summed E-state index contributed by atoms with van der Waals surface area (Å²) in [6.07, 6.45) is -13.9. The highest BCUT2D eigenvalue weighted by Gasteiger charge is 2.56. The lowest BCUT2D eigenvalue weighted by Gasteiger charge is -2.51. The summed E-state index contributed by atoms with van der Waals surface area (Å²) < 4.78 is 53.1. The average Bonchev–Trinajstić information content (AvgIpc) is 3.36. The van der Waals surface area contributed by atoms with Crippen LogP contribution in [0.5, 0.6) is 5.75 Å². The summed E-state index contributed by atoms with van der Waals surface area (Å²) in [6, 6.07) is 1.39. The standard InChI is InChI=1S/C48H78N4O21S/c1-5-6-7-8-9-10-11-12-13-17-65-28-16-14-15-27(18-28)19-49-34-38(60)37(59)29(20-53)68-46(34)71-42-30(21-54)69-47(35(40(42)62)51-25(3)57)72-43-31(22-55)70-48(36(41(43)63)52-26(4)58)73-44-32(23-66-74)67-45(64)33(39(44)61)50-24(2)56/h10-11,14-16,18,29-49,53-55,59-64,74H,5-9,12-13,17,19-23H2,1-4H3,(H,50,56)(H,51,57)(H,52,58)/b11-10-. The van der Waals surface area contributed by atoms with E-state index in [1.54, 1.807) is 12.1 Å². The van der Waals surface area contributed by atoms with E-state index in [0.29, 0.717) is 12.4 Å². The minimum Gasteiger partial charge on any atom is -0.494 e. The number of carbonyl (C=O) groups is 3. The highest BCUT2D eigenvalue weighted by molar-refractivity contribution is 7.75. The zero-order chi connectivity index (χ0) is 54.1. The lowest BCUT2D eigenvalue weighted by molar-refractivity contribution is -0.362. The van der Waals surface area contributed by atoms with Gasteiger partial charge in [0.2, 0.25) is 17.7 Å². The Kier molecular flexibility index (Phi) is 25.5. The third kappa shape index (κ3) is 16.9. The second kappa shape index (κ2) is 30.7. The molecule has 3 amide bonds. The Morgan fingerprint density at radius 3 is 1.64 bits per heavy atom. The number of allylic oxidation sites excluding steroid dienone is 2. The maximum atomic E-state index is 12.7. The summed E-state index contributed by atoms with van der Waals surface area (Å²) in [4.78, 5) is 37.2. The Balaban J connectivity index is 1.31. The summed E-state index contributed by atoms with van der Waals surface area (Å²) in [5.41, 5.74) is 0.719. The fraction of sp³-hybridized carbons (Fsp3) is 0.771. The van der Waals surface area contributed by atoms with E-state index in [-0.39, 0.29) is 13.2 Å². The van der Waals surface area contributed by atoms with Crippen molar-refractivity contribution in [2.24, 2.45) is 0 Å². The maximum Gasteiger partial charge on any atom is 0.217 e. The lowest BCUT2D eigenvalue weighted by Crippen LogP contribution is -2.71. The highest BCUT2D eigenvalue weighted by atomic mass is 32.1. The van der Waals surface area contributed by atoms with Crippen molar-refractivity contribution < 1.29 is 102 Å². The molecule has 422 valence electrons. The van der Waals surface area contributed by atoms with Gasteiger partial charge in [-0.25, -0.2) is 0 Å². The molecule has 0 saturated carbocycles. The van der Waals surface area contributed by atoms with Crippen LogP contribution in [0.4, 0.5) is 0 Å². The van der Waals surface area contributed by atoms with Crippen molar-refractivity contribution in [3.05, 3.63) is 42.0 Å². The molecule has 74 heavy (non-hydrogen) atoms. The predicted molar refractivity (Wildman–Crippen MR) is 260 cm³/mol. The molecule has 25 nitrogen and oxygen atoms in total. The van der Waals surface area contributed by atoms with Gasteiger partial charge in [-0.3, -0.25) is 14.4 Å². The monoisotopic (exact) mass is 1080 g/mol. The summed E-state index contributed by atoms with van der Waals surface area (Å²) in [5, 5.41) is 110. The van der Waals surface area contributed by atoms with Crippen LogP contribution < -0.4 is 26.0 Å². The first-order valence-corrected chi connectivity index (χ1v) is 25.5. The van der Waals surface area contributed by atoms with Gasteiger partial charge in [-0.15, -0.1) is 0 Å². The van der Waals surface area contributed by atoms with Gasteiger partial charge in [-0.05, 0) is 56.3 Å². The molecule has 0 radical (unpaired) electrons. The summed E-state index contributed by atoms with van der Waals surface area (Å²) in [6.45, 7) is 3.22. The number of hydrogen-bond donors (Lipinski definition) is 14. The largest absolute Gasteiger partial charge is 0.494 e. The van der Waals surface area contributed by atoms with Crippen molar-refractivity contribution >= 4 is 30.6 Å². The van der Waals surface area contributed by atoms with Gasteiger partial charge >= 0.3 is 0 Å². The first-order chi connectivity index (χ1) is 35.5. The maximum absolute atomic E-state index is 12.7. The van der Waals surface area contributed by atoms with Crippen molar-refractivity contribution in [2.75, 3.05) is 33.0 Å². The van der Waals surface area contributed by atoms with Crippen LogP contribution in [-0.2, 0) is 58.3 Å². The molecule has 5 rings (SSSR count). The molecule has 4 saturated heterocycles. The normalized spacial score (nSPS) is 36.6. The molecule has 1 aromatic carbocycles. The Morgan fingerprint density at radius 2 is 1.11 bits per heavy atom. The Labute approximate surface area is 435 Å². The van der Waals surface area contributed by atoms with Crippen LogP contribution in [0.3, 0.4) is 0 Å². The molecule has 0 aliphatic carbocycles. The van der Waals surface area contributed by atoms with Crippen molar-refractivity contribution in [3.8, 4) is 5.75 Å². The number of hydrogen-bond acceptors (Lipinski definition) is 23.